The predicted molar refractivity (Wildman–Crippen MR) is 278 cm³/mol. The summed E-state index contributed by atoms with van der Waals surface area (Å²) in [6, 6.07) is 42.5. The molecule has 71 heavy (non-hydrogen) atoms. The summed E-state index contributed by atoms with van der Waals surface area (Å²) in [5, 5.41) is 15.3. The summed E-state index contributed by atoms with van der Waals surface area (Å²) >= 11 is 0. The standard InChI is InChI=1S/C59H54N6O6/c1-43-55(58(66)70-36-30-49(18-9-16-45-12-5-3-6-13-45)51-26-22-47(23-27-51)39-63-34-32-60-41-63)57(53-20-11-21-54(38-53)65(68)69)56(44(2)62-43)59(67)71-37-31-50(19-10-17-46-14-7-4-8-15-46)52-28-24-48(25-29-52)40-64-35-33-61-42-64/h3-17,20-35,38,41-42,57,62H,18-19,36-37,39-40H2,1-2H3/b16-9+,17-10+,49-30?,50-31?. The second-order valence-electron chi connectivity index (χ2n) is 17.0. The number of nitro groups is 1. The van der Waals surface area contributed by atoms with Crippen LogP contribution in [0.15, 0.2) is 218 Å². The molecule has 1 aliphatic heterocycles. The molecule has 2 aromatic heterocycles. The molecule has 0 aliphatic carbocycles. The Bertz CT molecular complexity index is 2930. The Labute approximate surface area is 413 Å². The minimum atomic E-state index is -1.04. The van der Waals surface area contributed by atoms with E-state index in [2.05, 4.69) is 88.1 Å². The molecule has 0 amide bonds. The number of dihydropyridines is 1. The number of nitrogens with one attached hydrogen (secondary N) is 1. The van der Waals surface area contributed by atoms with Gasteiger partial charge in [-0.25, -0.2) is 19.6 Å². The molecule has 0 unspecified atom stereocenters. The molecule has 0 fully saturated rings. The number of rotatable bonds is 20. The maximum Gasteiger partial charge on any atom is 0.337 e. The summed E-state index contributed by atoms with van der Waals surface area (Å²) in [5.41, 5.74) is 9.52. The average Bonchev–Trinajstić information content (AvgIpc) is 4.11. The van der Waals surface area contributed by atoms with Crippen LogP contribution < -0.4 is 5.32 Å². The molecule has 1 N–H and O–H groups in total. The number of esters is 2. The van der Waals surface area contributed by atoms with Crippen LogP contribution in [-0.2, 0) is 32.2 Å². The summed E-state index contributed by atoms with van der Waals surface area (Å²) in [5.74, 6) is -2.41. The van der Waals surface area contributed by atoms with Crippen molar-refractivity contribution in [3.63, 3.8) is 0 Å². The number of non-ortho nitro benzene ring substituents is 1. The van der Waals surface area contributed by atoms with Gasteiger partial charge < -0.3 is 23.9 Å². The number of hydrogen-bond donors (Lipinski definition) is 1. The van der Waals surface area contributed by atoms with Gasteiger partial charge in [0.25, 0.3) is 5.69 Å². The lowest BCUT2D eigenvalue weighted by Crippen LogP contribution is -2.32. The molecule has 0 bridgehead atoms. The van der Waals surface area contributed by atoms with Crippen LogP contribution >= 0.6 is 0 Å². The molecular formula is C59H54N6O6. The summed E-state index contributed by atoms with van der Waals surface area (Å²) < 4.78 is 16.1. The van der Waals surface area contributed by atoms with Crippen molar-refractivity contribution in [1.82, 2.24) is 24.4 Å². The number of ether oxygens (including phenoxy) is 2. The molecule has 356 valence electrons. The van der Waals surface area contributed by atoms with E-state index in [9.17, 15) is 19.7 Å². The second-order valence-corrected chi connectivity index (χ2v) is 17.0. The zero-order valence-electron chi connectivity index (χ0n) is 39.6. The van der Waals surface area contributed by atoms with Crippen LogP contribution in [0.2, 0.25) is 0 Å². The molecule has 5 aromatic carbocycles. The number of hydrogen-bond acceptors (Lipinski definition) is 9. The van der Waals surface area contributed by atoms with E-state index in [-0.39, 0.29) is 30.0 Å². The van der Waals surface area contributed by atoms with Crippen molar-refractivity contribution in [3.05, 3.63) is 267 Å². The normalized spacial score (nSPS) is 14.3. The van der Waals surface area contributed by atoms with E-state index in [1.165, 1.54) is 12.1 Å². The van der Waals surface area contributed by atoms with Gasteiger partial charge >= 0.3 is 11.9 Å². The van der Waals surface area contributed by atoms with E-state index < -0.39 is 22.8 Å². The van der Waals surface area contributed by atoms with Crippen molar-refractivity contribution < 1.29 is 24.0 Å². The molecular weight excluding hydrogens is 889 g/mol. The molecule has 12 nitrogen and oxygen atoms in total. The quantitative estimate of drug-likeness (QED) is 0.0449. The first-order chi connectivity index (χ1) is 34.7. The Balaban J connectivity index is 1.04. The number of benzene rings is 5. The fraction of sp³-hybridized carbons (Fsp3) is 0.153. The maximum atomic E-state index is 14.5. The van der Waals surface area contributed by atoms with Crippen molar-refractivity contribution in [2.24, 2.45) is 0 Å². The van der Waals surface area contributed by atoms with Crippen LogP contribution in [0.5, 0.6) is 0 Å². The summed E-state index contributed by atoms with van der Waals surface area (Å²) in [7, 11) is 0. The Kier molecular flexibility index (Phi) is 16.3. The Morgan fingerprint density at radius 3 is 1.52 bits per heavy atom. The molecule has 0 radical (unpaired) electrons. The predicted octanol–water partition coefficient (Wildman–Crippen LogP) is 11.8. The first kappa shape index (κ1) is 48.6. The van der Waals surface area contributed by atoms with Crippen molar-refractivity contribution in [2.45, 2.75) is 45.7 Å². The fourth-order valence-corrected chi connectivity index (χ4v) is 8.52. The number of allylic oxidation sites excluding steroid dienone is 6. The first-order valence-corrected chi connectivity index (χ1v) is 23.4. The molecule has 0 saturated heterocycles. The zero-order valence-corrected chi connectivity index (χ0v) is 39.6. The van der Waals surface area contributed by atoms with Crippen molar-refractivity contribution in [3.8, 4) is 0 Å². The Hall–Kier alpha value is -8.90. The number of carbonyl (C=O) groups is 2. The van der Waals surface area contributed by atoms with Gasteiger partial charge in [0.1, 0.15) is 13.2 Å². The van der Waals surface area contributed by atoms with E-state index in [1.807, 2.05) is 94.3 Å². The molecule has 0 spiro atoms. The van der Waals surface area contributed by atoms with Gasteiger partial charge in [-0.15, -0.1) is 0 Å². The van der Waals surface area contributed by atoms with Gasteiger partial charge in [-0.2, -0.15) is 0 Å². The highest BCUT2D eigenvalue weighted by Gasteiger charge is 2.38. The number of aromatic nitrogens is 4. The lowest BCUT2D eigenvalue weighted by molar-refractivity contribution is -0.384. The van der Waals surface area contributed by atoms with Crippen LogP contribution in [0.25, 0.3) is 23.3 Å². The summed E-state index contributed by atoms with van der Waals surface area (Å²) in [4.78, 5) is 48.8. The molecule has 1 aliphatic rings. The highest BCUT2D eigenvalue weighted by atomic mass is 16.6. The summed E-state index contributed by atoms with van der Waals surface area (Å²) in [6.07, 6.45) is 24.0. The van der Waals surface area contributed by atoms with Gasteiger partial charge in [-0.3, -0.25) is 10.1 Å². The average molecular weight is 943 g/mol. The zero-order chi connectivity index (χ0) is 49.4. The van der Waals surface area contributed by atoms with E-state index in [4.69, 9.17) is 9.47 Å². The third kappa shape index (κ3) is 13.2. The van der Waals surface area contributed by atoms with Gasteiger partial charge in [-0.05, 0) is 88.9 Å². The molecule has 7 aromatic rings. The molecule has 12 heteroatoms. The van der Waals surface area contributed by atoms with Crippen LogP contribution in [0.4, 0.5) is 5.69 Å². The van der Waals surface area contributed by atoms with E-state index in [0.717, 1.165) is 44.5 Å². The van der Waals surface area contributed by atoms with Gasteiger partial charge in [0, 0.05) is 61.4 Å². The van der Waals surface area contributed by atoms with Gasteiger partial charge in [-0.1, -0.05) is 146 Å². The minimum Gasteiger partial charge on any atom is -0.458 e. The lowest BCUT2D eigenvalue weighted by atomic mass is 9.80. The number of nitrogens with zero attached hydrogens (tertiary/aromatic N) is 5. The van der Waals surface area contributed by atoms with E-state index >= 15 is 0 Å². The SMILES string of the molecule is CC1=C(C(=O)OCC=C(C/C=C/c2ccccc2)c2ccc(Cn3ccnc3)cc2)C(c2cccc([N+](=O)[O-])c2)C(C(=O)OCC=C(C/C=C/c2ccccc2)c2ccc(Cn3ccnc3)cc2)=C(C)N1. The largest absolute Gasteiger partial charge is 0.458 e. The molecule has 8 rings (SSSR count). The second kappa shape index (κ2) is 23.9. The molecule has 3 heterocycles. The highest BCUT2D eigenvalue weighted by molar-refractivity contribution is 6.00. The van der Waals surface area contributed by atoms with Crippen molar-refractivity contribution in [2.75, 3.05) is 13.2 Å². The highest BCUT2D eigenvalue weighted by Crippen LogP contribution is 2.40. The van der Waals surface area contributed by atoms with Gasteiger partial charge in [0.15, 0.2) is 0 Å². The lowest BCUT2D eigenvalue weighted by Gasteiger charge is -2.30. The van der Waals surface area contributed by atoms with E-state index in [1.54, 1.807) is 51.0 Å². The Morgan fingerprint density at radius 1 is 0.634 bits per heavy atom. The summed E-state index contributed by atoms with van der Waals surface area (Å²) in [6.45, 7) is 4.65. The fourth-order valence-electron chi connectivity index (χ4n) is 8.52. The smallest absolute Gasteiger partial charge is 0.337 e. The number of nitro benzene ring substituents is 1. The maximum absolute atomic E-state index is 14.5. The van der Waals surface area contributed by atoms with Crippen LogP contribution in [0.1, 0.15) is 71.6 Å². The van der Waals surface area contributed by atoms with Crippen molar-refractivity contribution >= 4 is 40.9 Å². The van der Waals surface area contributed by atoms with Crippen LogP contribution in [0.3, 0.4) is 0 Å². The first-order valence-electron chi connectivity index (χ1n) is 23.4. The van der Waals surface area contributed by atoms with Crippen LogP contribution in [-0.4, -0.2) is 49.2 Å². The monoisotopic (exact) mass is 942 g/mol. The van der Waals surface area contributed by atoms with Crippen LogP contribution in [0, 0.1) is 10.1 Å². The number of carbonyl (C=O) groups excluding carboxylic acids is 2. The molecule has 0 saturated carbocycles. The van der Waals surface area contributed by atoms with Gasteiger partial charge in [0.05, 0.1) is 34.6 Å². The minimum absolute atomic E-state index is 0.0815. The topological polar surface area (TPSA) is 143 Å². The van der Waals surface area contributed by atoms with E-state index in [0.29, 0.717) is 42.9 Å². The van der Waals surface area contributed by atoms with Crippen molar-refractivity contribution in [1.29, 1.82) is 0 Å². The third-order valence-electron chi connectivity index (χ3n) is 12.1. The third-order valence-corrected chi connectivity index (χ3v) is 12.1. The number of imidazole rings is 2. The molecule has 0 atom stereocenters. The Morgan fingerprint density at radius 2 is 1.10 bits per heavy atom. The van der Waals surface area contributed by atoms with Gasteiger partial charge in [0.2, 0.25) is 0 Å².